The lowest BCUT2D eigenvalue weighted by Crippen LogP contribution is -2.06. The third kappa shape index (κ3) is 1.25. The summed E-state index contributed by atoms with van der Waals surface area (Å²) in [7, 11) is 0. The zero-order valence-corrected chi connectivity index (χ0v) is 8.84. The van der Waals surface area contributed by atoms with Crippen molar-refractivity contribution in [3.05, 3.63) is 35.1 Å². The highest BCUT2D eigenvalue weighted by molar-refractivity contribution is 5.39. The molecule has 1 aliphatic carbocycles. The Bertz CT molecular complexity index is 371. The molecule has 0 aliphatic heterocycles. The van der Waals surface area contributed by atoms with E-state index in [9.17, 15) is 4.39 Å². The first kappa shape index (κ1) is 9.66. The molecule has 2 unspecified atom stereocenters. The molecule has 0 heterocycles. The molecule has 0 bridgehead atoms. The van der Waals surface area contributed by atoms with Gasteiger partial charge in [-0.1, -0.05) is 19.9 Å². The van der Waals surface area contributed by atoms with Crippen LogP contribution in [0.25, 0.3) is 0 Å². The SMILES string of the molecule is Cc1ccc(F)cc1C1C(N)C1(C)C. The minimum absolute atomic E-state index is 0.124. The molecule has 2 rings (SSSR count). The molecule has 1 fully saturated rings. The fraction of sp³-hybridized carbons (Fsp3) is 0.500. The van der Waals surface area contributed by atoms with Crippen LogP contribution >= 0.6 is 0 Å². The first-order valence-corrected chi connectivity index (χ1v) is 4.96. The molecule has 1 aliphatic rings. The Kier molecular flexibility index (Phi) is 1.93. The molecule has 0 saturated heterocycles. The maximum atomic E-state index is 13.1. The zero-order valence-electron chi connectivity index (χ0n) is 8.84. The van der Waals surface area contributed by atoms with Crippen LogP contribution in [0.2, 0.25) is 0 Å². The summed E-state index contributed by atoms with van der Waals surface area (Å²) in [5, 5.41) is 0. The van der Waals surface area contributed by atoms with Crippen molar-refractivity contribution >= 4 is 0 Å². The molecular formula is C12H16FN. The van der Waals surface area contributed by atoms with Crippen molar-refractivity contribution < 1.29 is 4.39 Å². The van der Waals surface area contributed by atoms with Gasteiger partial charge in [0.25, 0.3) is 0 Å². The molecule has 14 heavy (non-hydrogen) atoms. The van der Waals surface area contributed by atoms with E-state index in [2.05, 4.69) is 13.8 Å². The maximum absolute atomic E-state index is 13.1. The van der Waals surface area contributed by atoms with Gasteiger partial charge in [-0.25, -0.2) is 4.39 Å². The number of benzene rings is 1. The summed E-state index contributed by atoms with van der Waals surface area (Å²) in [6, 6.07) is 5.11. The molecule has 76 valence electrons. The minimum atomic E-state index is -0.166. The maximum Gasteiger partial charge on any atom is 0.123 e. The number of halogens is 1. The number of rotatable bonds is 1. The number of hydrogen-bond acceptors (Lipinski definition) is 1. The van der Waals surface area contributed by atoms with E-state index in [1.54, 1.807) is 6.07 Å². The average molecular weight is 193 g/mol. The van der Waals surface area contributed by atoms with Crippen LogP contribution in [0.4, 0.5) is 4.39 Å². The third-order valence-electron chi connectivity index (χ3n) is 3.49. The smallest absolute Gasteiger partial charge is 0.123 e. The predicted molar refractivity (Wildman–Crippen MR) is 55.6 cm³/mol. The van der Waals surface area contributed by atoms with Crippen molar-refractivity contribution in [1.82, 2.24) is 0 Å². The fourth-order valence-corrected chi connectivity index (χ4v) is 2.22. The van der Waals surface area contributed by atoms with Gasteiger partial charge in [0.1, 0.15) is 5.82 Å². The highest BCUT2D eigenvalue weighted by Crippen LogP contribution is 2.57. The van der Waals surface area contributed by atoms with Gasteiger partial charge in [0.2, 0.25) is 0 Å². The van der Waals surface area contributed by atoms with Crippen LogP contribution in [-0.4, -0.2) is 6.04 Å². The normalized spacial score (nSPS) is 28.9. The molecule has 1 saturated carbocycles. The van der Waals surface area contributed by atoms with E-state index >= 15 is 0 Å². The fourth-order valence-electron chi connectivity index (χ4n) is 2.22. The van der Waals surface area contributed by atoms with Gasteiger partial charge in [-0.15, -0.1) is 0 Å². The van der Waals surface area contributed by atoms with Gasteiger partial charge in [-0.2, -0.15) is 0 Å². The van der Waals surface area contributed by atoms with Gasteiger partial charge in [0, 0.05) is 12.0 Å². The molecule has 1 aromatic rings. The first-order valence-electron chi connectivity index (χ1n) is 4.96. The Morgan fingerprint density at radius 1 is 1.36 bits per heavy atom. The summed E-state index contributed by atoms with van der Waals surface area (Å²) in [5.74, 6) is 0.152. The molecular weight excluding hydrogens is 177 g/mol. The quantitative estimate of drug-likeness (QED) is 0.729. The lowest BCUT2D eigenvalue weighted by molar-refractivity contribution is 0.593. The minimum Gasteiger partial charge on any atom is -0.327 e. The number of nitrogens with two attached hydrogens (primary N) is 1. The molecule has 0 radical (unpaired) electrons. The predicted octanol–water partition coefficient (Wildman–Crippen LogP) is 2.58. The Morgan fingerprint density at radius 3 is 2.43 bits per heavy atom. The van der Waals surface area contributed by atoms with E-state index in [-0.39, 0.29) is 17.3 Å². The molecule has 0 aromatic heterocycles. The standard InChI is InChI=1S/C12H16FN/c1-7-4-5-8(13)6-9(7)10-11(14)12(10,2)3/h4-6,10-11H,14H2,1-3H3. The van der Waals surface area contributed by atoms with Crippen LogP contribution in [0.15, 0.2) is 18.2 Å². The second kappa shape index (κ2) is 2.80. The number of hydrogen-bond donors (Lipinski definition) is 1. The topological polar surface area (TPSA) is 26.0 Å². The van der Waals surface area contributed by atoms with Crippen molar-refractivity contribution in [3.63, 3.8) is 0 Å². The van der Waals surface area contributed by atoms with Crippen LogP contribution in [-0.2, 0) is 0 Å². The highest BCUT2D eigenvalue weighted by atomic mass is 19.1. The van der Waals surface area contributed by atoms with E-state index < -0.39 is 0 Å². The third-order valence-corrected chi connectivity index (χ3v) is 3.49. The highest BCUT2D eigenvalue weighted by Gasteiger charge is 2.56. The van der Waals surface area contributed by atoms with Crippen molar-refractivity contribution in [3.8, 4) is 0 Å². The van der Waals surface area contributed by atoms with Crippen molar-refractivity contribution in [1.29, 1.82) is 0 Å². The van der Waals surface area contributed by atoms with E-state index in [0.717, 1.165) is 11.1 Å². The Hall–Kier alpha value is -0.890. The van der Waals surface area contributed by atoms with Crippen molar-refractivity contribution in [2.45, 2.75) is 32.7 Å². The molecule has 0 spiro atoms. The second-order valence-electron chi connectivity index (χ2n) is 4.83. The van der Waals surface area contributed by atoms with Crippen LogP contribution in [0.1, 0.15) is 30.9 Å². The van der Waals surface area contributed by atoms with Gasteiger partial charge in [-0.3, -0.25) is 0 Å². The Labute approximate surface area is 84.1 Å². The molecule has 1 nitrogen and oxygen atoms in total. The average Bonchev–Trinajstić information content (AvgIpc) is 2.58. The summed E-state index contributed by atoms with van der Waals surface area (Å²) < 4.78 is 13.1. The molecule has 0 amide bonds. The van der Waals surface area contributed by atoms with E-state index in [1.807, 2.05) is 13.0 Å². The van der Waals surface area contributed by atoms with Crippen LogP contribution < -0.4 is 5.73 Å². The van der Waals surface area contributed by atoms with Gasteiger partial charge in [-0.05, 0) is 35.6 Å². The summed E-state index contributed by atoms with van der Waals surface area (Å²) >= 11 is 0. The monoisotopic (exact) mass is 193 g/mol. The molecule has 2 heteroatoms. The van der Waals surface area contributed by atoms with Crippen LogP contribution in [0, 0.1) is 18.2 Å². The van der Waals surface area contributed by atoms with E-state index in [0.29, 0.717) is 5.92 Å². The van der Waals surface area contributed by atoms with Crippen molar-refractivity contribution in [2.75, 3.05) is 0 Å². The Balaban J connectivity index is 2.39. The molecule has 2 N–H and O–H groups in total. The summed E-state index contributed by atoms with van der Waals surface area (Å²) in [4.78, 5) is 0. The Morgan fingerprint density at radius 2 is 1.93 bits per heavy atom. The summed E-state index contributed by atoms with van der Waals surface area (Å²) in [5.41, 5.74) is 8.30. The molecule has 2 atom stereocenters. The second-order valence-corrected chi connectivity index (χ2v) is 4.83. The van der Waals surface area contributed by atoms with E-state index in [1.165, 1.54) is 6.07 Å². The van der Waals surface area contributed by atoms with Gasteiger partial charge >= 0.3 is 0 Å². The first-order chi connectivity index (χ1) is 6.44. The number of aryl methyl sites for hydroxylation is 1. The van der Waals surface area contributed by atoms with Crippen molar-refractivity contribution in [2.24, 2.45) is 11.1 Å². The van der Waals surface area contributed by atoms with Crippen LogP contribution in [0.3, 0.4) is 0 Å². The summed E-state index contributed by atoms with van der Waals surface area (Å²) in [6.07, 6.45) is 0. The van der Waals surface area contributed by atoms with Gasteiger partial charge < -0.3 is 5.73 Å². The van der Waals surface area contributed by atoms with Gasteiger partial charge in [0.15, 0.2) is 0 Å². The lowest BCUT2D eigenvalue weighted by atomic mass is 9.99. The van der Waals surface area contributed by atoms with E-state index in [4.69, 9.17) is 5.73 Å². The van der Waals surface area contributed by atoms with Crippen LogP contribution in [0.5, 0.6) is 0 Å². The van der Waals surface area contributed by atoms with Gasteiger partial charge in [0.05, 0.1) is 0 Å². The zero-order chi connectivity index (χ0) is 10.5. The molecule has 1 aromatic carbocycles. The lowest BCUT2D eigenvalue weighted by Gasteiger charge is -2.06. The largest absolute Gasteiger partial charge is 0.327 e. The summed E-state index contributed by atoms with van der Waals surface area (Å²) in [6.45, 7) is 6.27.